The predicted molar refractivity (Wildman–Crippen MR) is 132 cm³/mol. The monoisotopic (exact) mass is 424 g/mol. The Kier molecular flexibility index (Phi) is 3.39. The third-order valence-corrected chi connectivity index (χ3v) is 6.87. The van der Waals surface area contributed by atoms with Gasteiger partial charge >= 0.3 is 0 Å². The quantitative estimate of drug-likeness (QED) is 0.302. The summed E-state index contributed by atoms with van der Waals surface area (Å²) in [7, 11) is 2.03. The molecule has 0 fully saturated rings. The van der Waals surface area contributed by atoms with Crippen molar-refractivity contribution in [1.82, 2.24) is 0 Å². The third-order valence-electron chi connectivity index (χ3n) is 6.87. The Labute approximate surface area is 195 Å². The van der Waals surface area contributed by atoms with Crippen LogP contribution in [0.1, 0.15) is 56.0 Å². The van der Waals surface area contributed by atoms with Crippen LogP contribution in [0.2, 0.25) is 0 Å². The lowest BCUT2D eigenvalue weighted by Gasteiger charge is -2.25. The summed E-state index contributed by atoms with van der Waals surface area (Å²) in [4.78, 5) is 0. The van der Waals surface area contributed by atoms with Crippen LogP contribution in [-0.4, -0.2) is 0 Å². The summed E-state index contributed by atoms with van der Waals surface area (Å²) in [5, 5.41) is 2.00. The minimum Gasteiger partial charge on any atom is -0.454 e. The molecule has 6 rings (SSSR count). The van der Waals surface area contributed by atoms with Gasteiger partial charge in [0.15, 0.2) is 6.20 Å². The highest BCUT2D eigenvalue weighted by Gasteiger charge is 2.35. The topological polar surface area (TPSA) is 17.0 Å². The Morgan fingerprint density at radius 2 is 1.75 bits per heavy atom. The molecule has 32 heavy (non-hydrogen) atoms. The Bertz CT molecular complexity index is 1640. The third kappa shape index (κ3) is 2.75. The average Bonchev–Trinajstić information content (AvgIpc) is 3.33. The van der Waals surface area contributed by atoms with Crippen molar-refractivity contribution < 1.29 is 14.5 Å². The Hall–Kier alpha value is -3.13. The van der Waals surface area contributed by atoms with Crippen LogP contribution in [0.5, 0.6) is 0 Å². The van der Waals surface area contributed by atoms with Gasteiger partial charge in [0.05, 0.1) is 5.56 Å². The average molecular weight is 425 g/mol. The zero-order valence-corrected chi connectivity index (χ0v) is 19.0. The van der Waals surface area contributed by atoms with Gasteiger partial charge in [-0.25, -0.2) is 4.57 Å². The van der Waals surface area contributed by atoms with Crippen molar-refractivity contribution >= 4 is 27.5 Å². The maximum Gasteiger partial charge on any atom is 0.216 e. The number of rotatable bonds is 2. The molecule has 2 heterocycles. The molecule has 0 amide bonds. The first-order valence-electron chi connectivity index (χ1n) is 13.3. The van der Waals surface area contributed by atoms with E-state index in [1.54, 1.807) is 0 Å². The first kappa shape index (κ1) is 15.6. The Morgan fingerprint density at radius 3 is 2.59 bits per heavy atom. The van der Waals surface area contributed by atoms with Gasteiger partial charge in [-0.1, -0.05) is 55.8 Å². The molecule has 0 unspecified atom stereocenters. The Morgan fingerprint density at radius 1 is 0.938 bits per heavy atom. The summed E-state index contributed by atoms with van der Waals surface area (Å²) in [6.07, 6.45) is 1.28. The summed E-state index contributed by atoms with van der Waals surface area (Å²) in [6.45, 7) is 6.07. The van der Waals surface area contributed by atoms with E-state index >= 15 is 0 Å². The van der Waals surface area contributed by atoms with E-state index in [-0.39, 0.29) is 12.8 Å². The van der Waals surface area contributed by atoms with Crippen LogP contribution in [0.4, 0.5) is 0 Å². The molecule has 0 aliphatic heterocycles. The molecule has 2 aliphatic rings. The molecule has 2 heteroatoms. The largest absolute Gasteiger partial charge is 0.454 e. The second kappa shape index (κ2) is 6.93. The van der Waals surface area contributed by atoms with E-state index in [0.717, 1.165) is 49.9 Å². The van der Waals surface area contributed by atoms with Gasteiger partial charge in [-0.2, -0.15) is 0 Å². The summed E-state index contributed by atoms with van der Waals surface area (Å²) >= 11 is 0. The number of nitrogens with zero attached hydrogens (tertiary/aromatic N) is 1. The van der Waals surface area contributed by atoms with Crippen LogP contribution >= 0.6 is 0 Å². The molecule has 0 saturated heterocycles. The zero-order chi connectivity index (χ0) is 25.6. The molecule has 160 valence electrons. The van der Waals surface area contributed by atoms with Gasteiger partial charge in [-0.3, -0.25) is 0 Å². The molecular weight excluding hydrogens is 390 g/mol. The number of allylic oxidation sites excluding steroid dienone is 4. The summed E-state index contributed by atoms with van der Waals surface area (Å²) < 4.78 is 44.0. The van der Waals surface area contributed by atoms with Crippen LogP contribution in [-0.2, 0) is 7.05 Å². The van der Waals surface area contributed by atoms with Gasteiger partial charge in [-0.05, 0) is 55.3 Å². The van der Waals surface area contributed by atoms with Gasteiger partial charge in [0.2, 0.25) is 5.69 Å². The lowest BCUT2D eigenvalue weighted by Crippen LogP contribution is -2.30. The fourth-order valence-electron chi connectivity index (χ4n) is 5.32. The zero-order valence-electron chi connectivity index (χ0n) is 23.0. The fourth-order valence-corrected chi connectivity index (χ4v) is 5.32. The first-order chi connectivity index (χ1) is 16.9. The maximum atomic E-state index is 8.87. The molecule has 2 aromatic heterocycles. The number of fused-ring (bicyclic) bond motifs is 3. The van der Waals surface area contributed by atoms with E-state index in [1.807, 2.05) is 57.4 Å². The SMILES string of the molecule is [2H]C1([2H])CCC([2H])([2H])C2=C1C(c1cccc3c1oc1c(-c4cccc[n+]4C)c(C)ccc13)=CC2(C)C. The molecule has 0 radical (unpaired) electrons. The van der Waals surface area contributed by atoms with E-state index in [4.69, 9.17) is 9.90 Å². The molecule has 2 aromatic carbocycles. The number of benzene rings is 2. The van der Waals surface area contributed by atoms with Gasteiger partial charge in [0.1, 0.15) is 18.2 Å². The summed E-state index contributed by atoms with van der Waals surface area (Å²) in [5.41, 5.74) is 6.82. The second-order valence-electron chi connectivity index (χ2n) is 9.50. The standard InChI is InChI=1S/C30H30NO/c1-19-15-16-23-21-11-9-12-22(24-18-30(2,3)25-13-6-5-10-20(24)25)28(21)32-29(23)27(19)26-14-7-8-17-31(26)4/h7-9,11-12,14-18H,5-6,10,13H2,1-4H3/q+1/i10D2,13D2. The molecule has 4 aromatic rings. The number of aryl methyl sites for hydroxylation is 2. The van der Waals surface area contributed by atoms with Crippen molar-refractivity contribution in [2.75, 3.05) is 0 Å². The molecule has 0 bridgehead atoms. The predicted octanol–water partition coefficient (Wildman–Crippen LogP) is 7.68. The number of furan rings is 1. The molecular formula is C30H30NO+. The minimum absolute atomic E-state index is 0.163. The van der Waals surface area contributed by atoms with E-state index in [0.29, 0.717) is 11.1 Å². The van der Waals surface area contributed by atoms with E-state index < -0.39 is 18.2 Å². The van der Waals surface area contributed by atoms with E-state index in [2.05, 4.69) is 35.8 Å². The molecule has 0 spiro atoms. The highest BCUT2D eigenvalue weighted by Crippen LogP contribution is 2.52. The highest BCUT2D eigenvalue weighted by molar-refractivity contribution is 6.13. The number of aromatic nitrogens is 1. The van der Waals surface area contributed by atoms with Crippen LogP contribution in [0, 0.1) is 12.3 Å². The number of pyridine rings is 1. The lowest BCUT2D eigenvalue weighted by atomic mass is 9.80. The number of hydrogen-bond donors (Lipinski definition) is 0. The fraction of sp³-hybridized carbons (Fsp3) is 0.300. The Balaban J connectivity index is 1.67. The first-order valence-corrected chi connectivity index (χ1v) is 11.3. The minimum atomic E-state index is -1.60. The van der Waals surface area contributed by atoms with Crippen molar-refractivity contribution in [3.05, 3.63) is 83.1 Å². The second-order valence-corrected chi connectivity index (χ2v) is 9.50. The summed E-state index contributed by atoms with van der Waals surface area (Å²) in [5.74, 6) is 0. The maximum absolute atomic E-state index is 8.87. The van der Waals surface area contributed by atoms with Crippen molar-refractivity contribution in [2.45, 2.75) is 46.4 Å². The number of para-hydroxylation sites is 1. The van der Waals surface area contributed by atoms with E-state index in [1.165, 1.54) is 0 Å². The smallest absolute Gasteiger partial charge is 0.216 e. The van der Waals surface area contributed by atoms with Gasteiger partial charge < -0.3 is 4.42 Å². The highest BCUT2D eigenvalue weighted by atomic mass is 16.3. The van der Waals surface area contributed by atoms with Crippen LogP contribution in [0.3, 0.4) is 0 Å². The summed E-state index contributed by atoms with van der Waals surface area (Å²) in [6, 6.07) is 16.4. The van der Waals surface area contributed by atoms with Crippen molar-refractivity contribution in [2.24, 2.45) is 12.5 Å². The van der Waals surface area contributed by atoms with Gasteiger partial charge in [-0.15, -0.1) is 0 Å². The molecule has 2 nitrogen and oxygen atoms in total. The van der Waals surface area contributed by atoms with Crippen LogP contribution in [0.15, 0.2) is 76.4 Å². The van der Waals surface area contributed by atoms with Crippen molar-refractivity contribution in [1.29, 1.82) is 0 Å². The van der Waals surface area contributed by atoms with E-state index in [9.17, 15) is 0 Å². The molecule has 0 saturated carbocycles. The van der Waals surface area contributed by atoms with Crippen LogP contribution in [0.25, 0.3) is 38.8 Å². The van der Waals surface area contributed by atoms with Crippen molar-refractivity contribution in [3.8, 4) is 11.3 Å². The molecule has 0 atom stereocenters. The van der Waals surface area contributed by atoms with Crippen LogP contribution < -0.4 is 4.57 Å². The molecule has 0 N–H and O–H groups in total. The van der Waals surface area contributed by atoms with Gasteiger partial charge in [0.25, 0.3) is 0 Å². The molecule has 2 aliphatic carbocycles. The number of hydrogen-bond acceptors (Lipinski definition) is 1. The van der Waals surface area contributed by atoms with Gasteiger partial charge in [0, 0.05) is 39.4 Å². The van der Waals surface area contributed by atoms with Crippen molar-refractivity contribution in [3.63, 3.8) is 0 Å². The normalized spacial score (nSPS) is 22.8. The lowest BCUT2D eigenvalue weighted by molar-refractivity contribution is -0.660.